The van der Waals surface area contributed by atoms with Gasteiger partial charge in [-0.1, -0.05) is 24.3 Å². The molecule has 4 aliphatic rings. The Morgan fingerprint density at radius 3 is 2.06 bits per heavy atom. The number of benzene rings is 2. The molecule has 32 heavy (non-hydrogen) atoms. The topological polar surface area (TPSA) is 86.3 Å². The second kappa shape index (κ2) is 7.50. The van der Waals surface area contributed by atoms with Crippen LogP contribution < -0.4 is 10.6 Å². The highest BCUT2D eigenvalue weighted by molar-refractivity contribution is 5.96. The molecule has 0 heterocycles. The maximum atomic E-state index is 13.1. The summed E-state index contributed by atoms with van der Waals surface area (Å²) >= 11 is 0. The molecule has 4 aliphatic carbocycles. The summed E-state index contributed by atoms with van der Waals surface area (Å²) in [5, 5.41) is 15.8. The van der Waals surface area contributed by atoms with E-state index >= 15 is 0 Å². The van der Waals surface area contributed by atoms with Gasteiger partial charge in [0.15, 0.2) is 5.69 Å². The second-order valence-electron chi connectivity index (χ2n) is 9.78. The smallest absolute Gasteiger partial charge is 0.251 e. The fourth-order valence-electron chi connectivity index (χ4n) is 6.63. The number of nitriles is 1. The summed E-state index contributed by atoms with van der Waals surface area (Å²) in [6, 6.07) is 15.7. The van der Waals surface area contributed by atoms with Crippen molar-refractivity contribution in [2.24, 2.45) is 11.8 Å². The molecule has 2 atom stereocenters. The van der Waals surface area contributed by atoms with Gasteiger partial charge in [0.25, 0.3) is 5.91 Å². The normalized spacial score (nSPS) is 29.6. The van der Waals surface area contributed by atoms with E-state index in [9.17, 15) is 9.59 Å². The van der Waals surface area contributed by atoms with Crippen molar-refractivity contribution in [3.63, 3.8) is 0 Å². The van der Waals surface area contributed by atoms with Crippen molar-refractivity contribution in [2.75, 3.05) is 0 Å². The molecule has 6 nitrogen and oxygen atoms in total. The summed E-state index contributed by atoms with van der Waals surface area (Å²) in [6.07, 6.45) is 5.58. The van der Waals surface area contributed by atoms with Crippen LogP contribution in [0.3, 0.4) is 0 Å². The zero-order valence-electron chi connectivity index (χ0n) is 17.7. The van der Waals surface area contributed by atoms with E-state index in [1.165, 1.54) is 0 Å². The molecule has 2 N–H and O–H groups in total. The van der Waals surface area contributed by atoms with E-state index in [-0.39, 0.29) is 22.9 Å². The van der Waals surface area contributed by atoms with Crippen LogP contribution in [0.15, 0.2) is 48.5 Å². The van der Waals surface area contributed by atoms with E-state index in [1.807, 2.05) is 0 Å². The molecule has 0 saturated heterocycles. The molecule has 160 valence electrons. The number of carbonyl (C=O) groups excluding carboxylic acids is 2. The first kappa shape index (κ1) is 20.3. The van der Waals surface area contributed by atoms with Gasteiger partial charge in [-0.2, -0.15) is 5.26 Å². The zero-order chi connectivity index (χ0) is 22.3. The molecule has 4 saturated carbocycles. The maximum Gasteiger partial charge on any atom is 0.251 e. The fraction of sp³-hybridized carbons (Fsp3) is 0.385. The Bertz CT molecular complexity index is 1090. The third kappa shape index (κ3) is 3.63. The Hall–Kier alpha value is -3.64. The van der Waals surface area contributed by atoms with E-state index in [0.717, 1.165) is 32.1 Å². The molecule has 4 fully saturated rings. The lowest BCUT2D eigenvalue weighted by atomic mass is 9.49. The van der Waals surface area contributed by atoms with E-state index in [1.54, 1.807) is 48.5 Å². The van der Waals surface area contributed by atoms with Gasteiger partial charge in [-0.3, -0.25) is 9.59 Å². The predicted molar refractivity (Wildman–Crippen MR) is 119 cm³/mol. The van der Waals surface area contributed by atoms with Crippen molar-refractivity contribution in [2.45, 2.75) is 49.6 Å². The van der Waals surface area contributed by atoms with Crippen molar-refractivity contribution in [1.29, 1.82) is 5.26 Å². The van der Waals surface area contributed by atoms with E-state index in [2.05, 4.69) is 21.5 Å². The third-order valence-electron chi connectivity index (χ3n) is 7.31. The van der Waals surface area contributed by atoms with E-state index < -0.39 is 0 Å². The lowest BCUT2D eigenvalue weighted by Gasteiger charge is -2.62. The van der Waals surface area contributed by atoms with Gasteiger partial charge >= 0.3 is 0 Å². The van der Waals surface area contributed by atoms with Gasteiger partial charge in [0.1, 0.15) is 0 Å². The van der Waals surface area contributed by atoms with Crippen LogP contribution in [-0.4, -0.2) is 22.9 Å². The summed E-state index contributed by atoms with van der Waals surface area (Å²) in [6.45, 7) is 7.20. The quantitative estimate of drug-likeness (QED) is 0.715. The first-order chi connectivity index (χ1) is 15.4. The summed E-state index contributed by atoms with van der Waals surface area (Å²) in [4.78, 5) is 29.6. The summed E-state index contributed by atoms with van der Waals surface area (Å²) in [7, 11) is 0. The van der Waals surface area contributed by atoms with Crippen LogP contribution >= 0.6 is 0 Å². The van der Waals surface area contributed by atoms with Crippen molar-refractivity contribution in [1.82, 2.24) is 10.6 Å². The lowest BCUT2D eigenvalue weighted by molar-refractivity contribution is -0.0447. The van der Waals surface area contributed by atoms with E-state index in [4.69, 9.17) is 11.8 Å². The molecule has 0 spiro atoms. The Balaban J connectivity index is 1.38. The maximum absolute atomic E-state index is 13.1. The van der Waals surface area contributed by atoms with Crippen molar-refractivity contribution in [3.8, 4) is 6.07 Å². The Kier molecular flexibility index (Phi) is 4.75. The average Bonchev–Trinajstić information content (AvgIpc) is 2.77. The van der Waals surface area contributed by atoms with Gasteiger partial charge in [0, 0.05) is 22.2 Å². The van der Waals surface area contributed by atoms with Gasteiger partial charge in [-0.15, -0.1) is 0 Å². The summed E-state index contributed by atoms with van der Waals surface area (Å²) in [5.74, 6) is 0.629. The monoisotopic (exact) mass is 424 g/mol. The molecule has 2 unspecified atom stereocenters. The van der Waals surface area contributed by atoms with Crippen LogP contribution in [-0.2, 0) is 0 Å². The molecule has 2 aromatic rings. The summed E-state index contributed by atoms with van der Waals surface area (Å²) in [5.41, 5.74) is 1.24. The Morgan fingerprint density at radius 1 is 0.938 bits per heavy atom. The third-order valence-corrected chi connectivity index (χ3v) is 7.31. The van der Waals surface area contributed by atoms with Gasteiger partial charge in [-0.25, -0.2) is 4.85 Å². The fourth-order valence-corrected chi connectivity index (χ4v) is 6.63. The predicted octanol–water partition coefficient (Wildman–Crippen LogP) is 4.36. The molecule has 2 aromatic carbocycles. The van der Waals surface area contributed by atoms with Crippen molar-refractivity contribution in [3.05, 3.63) is 76.6 Å². The van der Waals surface area contributed by atoms with Crippen LogP contribution in [0.1, 0.15) is 64.8 Å². The molecule has 4 bridgehead atoms. The Labute approximate surface area is 187 Å². The summed E-state index contributed by atoms with van der Waals surface area (Å²) < 4.78 is 0. The van der Waals surface area contributed by atoms with Gasteiger partial charge in [0.05, 0.1) is 18.2 Å². The van der Waals surface area contributed by atoms with Gasteiger partial charge < -0.3 is 10.6 Å². The van der Waals surface area contributed by atoms with Crippen LogP contribution in [0.5, 0.6) is 0 Å². The minimum Gasteiger partial charge on any atom is -0.347 e. The minimum atomic E-state index is -0.338. The highest BCUT2D eigenvalue weighted by atomic mass is 16.2. The first-order valence-corrected chi connectivity index (χ1v) is 11.0. The zero-order valence-corrected chi connectivity index (χ0v) is 17.7. The van der Waals surface area contributed by atoms with Gasteiger partial charge in [0.2, 0.25) is 5.91 Å². The van der Waals surface area contributed by atoms with Crippen LogP contribution in [0.4, 0.5) is 5.69 Å². The van der Waals surface area contributed by atoms with Gasteiger partial charge in [-0.05, 0) is 74.6 Å². The number of carbonyl (C=O) groups is 2. The average molecular weight is 425 g/mol. The molecule has 0 aromatic heterocycles. The largest absolute Gasteiger partial charge is 0.347 e. The number of rotatable bonds is 4. The number of hydrogen-bond donors (Lipinski definition) is 2. The number of nitrogens with one attached hydrogen (secondary N) is 2. The number of nitrogens with zero attached hydrogens (tertiary/aromatic N) is 2. The minimum absolute atomic E-state index is 0.152. The van der Waals surface area contributed by atoms with Crippen molar-refractivity contribution < 1.29 is 9.59 Å². The standard InChI is InChI=1S/C26H24N4O2/c1-28-22-7-3-6-21(10-22)24(32)30-26-13-18-8-19(14-26)12-25(11-18,16-26)29-23(31)20-5-2-4-17(9-20)15-27/h2-7,9-10,18-19H,8,11-14,16H2,(H,29,31)(H,30,32). The molecule has 2 amide bonds. The SMILES string of the molecule is [C-]#[N+]c1cccc(C(=O)NC23CC4CC(CC(NC(=O)c5cccc(C#N)c5)(C4)C2)C3)c1. The van der Waals surface area contributed by atoms with Crippen LogP contribution in [0, 0.1) is 29.7 Å². The lowest BCUT2D eigenvalue weighted by Crippen LogP contribution is -2.69. The Morgan fingerprint density at radius 2 is 1.50 bits per heavy atom. The number of hydrogen-bond acceptors (Lipinski definition) is 3. The highest BCUT2D eigenvalue weighted by Crippen LogP contribution is 2.57. The van der Waals surface area contributed by atoms with E-state index in [0.29, 0.717) is 40.6 Å². The van der Waals surface area contributed by atoms with Crippen LogP contribution in [0.2, 0.25) is 0 Å². The first-order valence-electron chi connectivity index (χ1n) is 11.0. The van der Waals surface area contributed by atoms with Crippen molar-refractivity contribution >= 4 is 17.5 Å². The number of amides is 2. The molecule has 6 rings (SSSR count). The molecule has 0 radical (unpaired) electrons. The molecule has 6 heteroatoms. The molecule has 0 aliphatic heterocycles. The molecular formula is C26H24N4O2. The van der Waals surface area contributed by atoms with Crippen LogP contribution in [0.25, 0.3) is 4.85 Å². The highest BCUT2D eigenvalue weighted by Gasteiger charge is 2.58. The second-order valence-corrected chi connectivity index (χ2v) is 9.78. The molecular weight excluding hydrogens is 400 g/mol.